The number of pyridine rings is 1. The van der Waals surface area contributed by atoms with E-state index in [1.165, 1.54) is 10.3 Å². The molecule has 0 atom stereocenters. The second kappa shape index (κ2) is 8.30. The number of rotatable bonds is 3. The summed E-state index contributed by atoms with van der Waals surface area (Å²) < 4.78 is 59.8. The second-order valence-corrected chi connectivity index (χ2v) is 9.45. The van der Waals surface area contributed by atoms with E-state index < -0.39 is 24.0 Å². The van der Waals surface area contributed by atoms with Crippen molar-refractivity contribution in [2.75, 3.05) is 44.2 Å². The molecule has 0 aromatic carbocycles. The molecule has 0 bridgehead atoms. The number of carbonyl (C=O) groups is 2. The van der Waals surface area contributed by atoms with E-state index in [2.05, 4.69) is 4.98 Å². The molecule has 3 aliphatic rings. The van der Waals surface area contributed by atoms with Gasteiger partial charge in [0.15, 0.2) is 0 Å². The quantitative estimate of drug-likeness (QED) is 0.616. The maximum Gasteiger partial charge on any atom is 0.417 e. The molecule has 5 rings (SSSR count). The Kier molecular flexibility index (Phi) is 5.58. The third kappa shape index (κ3) is 4.20. The Balaban J connectivity index is 1.35. The van der Waals surface area contributed by atoms with Crippen molar-refractivity contribution in [3.63, 3.8) is 0 Å². The van der Waals surface area contributed by atoms with Crippen LogP contribution < -0.4 is 4.90 Å². The standard InChI is InChI=1S/C21H22F4N4O3S/c22-12-9-29(10-12)20(31)32-13-2-6-27(7-3-13)16-8-15(21(23,24)25)18-17(26-16)14(11-33-18)19(30)28-4-1-5-28/h8,11-13H,1-7,9-10H2. The van der Waals surface area contributed by atoms with Crippen LogP contribution in [0.3, 0.4) is 0 Å². The highest BCUT2D eigenvalue weighted by Crippen LogP contribution is 2.41. The number of amides is 2. The number of anilines is 1. The molecule has 33 heavy (non-hydrogen) atoms. The normalized spacial score (nSPS) is 20.1. The molecule has 5 heterocycles. The van der Waals surface area contributed by atoms with Gasteiger partial charge in [-0.25, -0.2) is 14.2 Å². The molecule has 7 nitrogen and oxygen atoms in total. The number of fused-ring (bicyclic) bond motifs is 1. The lowest BCUT2D eigenvalue weighted by Crippen LogP contribution is -2.52. The number of piperidine rings is 1. The van der Waals surface area contributed by atoms with Gasteiger partial charge in [0, 0.05) is 44.4 Å². The maximum absolute atomic E-state index is 13.8. The van der Waals surface area contributed by atoms with E-state index >= 15 is 0 Å². The molecule has 2 aromatic rings. The third-order valence-corrected chi connectivity index (χ3v) is 7.32. The van der Waals surface area contributed by atoms with Gasteiger partial charge < -0.3 is 19.4 Å². The Hall–Kier alpha value is -2.63. The lowest BCUT2D eigenvalue weighted by molar-refractivity contribution is -0.136. The van der Waals surface area contributed by atoms with Crippen LogP contribution in [-0.4, -0.2) is 78.3 Å². The SMILES string of the molecule is O=C(OC1CCN(c2cc(C(F)(F)F)c3scc(C(=O)N4CCC4)c3n2)CC1)N1CC(F)C1. The Bertz CT molecular complexity index is 1070. The summed E-state index contributed by atoms with van der Waals surface area (Å²) in [4.78, 5) is 33.8. The molecule has 3 fully saturated rings. The smallest absolute Gasteiger partial charge is 0.417 e. The van der Waals surface area contributed by atoms with Crippen molar-refractivity contribution in [3.05, 3.63) is 22.6 Å². The minimum atomic E-state index is -4.59. The highest BCUT2D eigenvalue weighted by Gasteiger charge is 2.37. The zero-order valence-corrected chi connectivity index (χ0v) is 18.4. The number of aromatic nitrogens is 1. The molecule has 0 radical (unpaired) electrons. The minimum Gasteiger partial charge on any atom is -0.446 e. The number of carbonyl (C=O) groups excluding carboxylic acids is 2. The van der Waals surface area contributed by atoms with E-state index in [9.17, 15) is 27.2 Å². The fourth-order valence-corrected chi connectivity index (χ4v) is 5.22. The van der Waals surface area contributed by atoms with E-state index in [-0.39, 0.29) is 46.7 Å². The van der Waals surface area contributed by atoms with Crippen molar-refractivity contribution < 1.29 is 31.9 Å². The average molecular weight is 486 g/mol. The van der Waals surface area contributed by atoms with Crippen molar-refractivity contribution in [1.82, 2.24) is 14.8 Å². The summed E-state index contributed by atoms with van der Waals surface area (Å²) in [5.41, 5.74) is -0.525. The molecule has 0 unspecified atom stereocenters. The average Bonchev–Trinajstić information content (AvgIpc) is 3.13. The van der Waals surface area contributed by atoms with Gasteiger partial charge in [0.1, 0.15) is 18.1 Å². The minimum absolute atomic E-state index is 0.0287. The number of hydrogen-bond donors (Lipinski definition) is 0. The third-order valence-electron chi connectivity index (χ3n) is 6.32. The topological polar surface area (TPSA) is 66.0 Å². The number of alkyl halides is 4. The van der Waals surface area contributed by atoms with Gasteiger partial charge in [0.25, 0.3) is 5.91 Å². The first-order valence-corrected chi connectivity index (χ1v) is 11.7. The second-order valence-electron chi connectivity index (χ2n) is 8.57. The van der Waals surface area contributed by atoms with Gasteiger partial charge in [-0.1, -0.05) is 0 Å². The zero-order valence-electron chi connectivity index (χ0n) is 17.6. The first-order chi connectivity index (χ1) is 15.7. The van der Waals surface area contributed by atoms with Crippen molar-refractivity contribution in [3.8, 4) is 0 Å². The molecule has 2 aromatic heterocycles. The maximum atomic E-state index is 13.8. The van der Waals surface area contributed by atoms with E-state index in [1.807, 2.05) is 0 Å². The van der Waals surface area contributed by atoms with Gasteiger partial charge in [0.2, 0.25) is 0 Å². The van der Waals surface area contributed by atoms with Crippen LogP contribution in [0.1, 0.15) is 35.2 Å². The van der Waals surface area contributed by atoms with Crippen LogP contribution in [0.2, 0.25) is 0 Å². The van der Waals surface area contributed by atoms with Crippen LogP contribution in [0.4, 0.5) is 28.2 Å². The molecular formula is C21H22F4N4O3S. The van der Waals surface area contributed by atoms with Gasteiger partial charge in [-0.3, -0.25) is 4.79 Å². The number of thiophene rings is 1. The Labute approximate surface area is 190 Å². The van der Waals surface area contributed by atoms with Crippen LogP contribution in [0, 0.1) is 0 Å². The van der Waals surface area contributed by atoms with Gasteiger partial charge in [-0.2, -0.15) is 13.2 Å². The summed E-state index contributed by atoms with van der Waals surface area (Å²) in [5, 5.41) is 1.46. The Morgan fingerprint density at radius 2 is 1.79 bits per heavy atom. The number of nitrogens with zero attached hydrogens (tertiary/aromatic N) is 4. The van der Waals surface area contributed by atoms with Gasteiger partial charge >= 0.3 is 12.3 Å². The lowest BCUT2D eigenvalue weighted by atomic mass is 10.1. The van der Waals surface area contributed by atoms with E-state index in [0.717, 1.165) is 23.8 Å². The first-order valence-electron chi connectivity index (χ1n) is 10.8. The highest BCUT2D eigenvalue weighted by atomic mass is 32.1. The highest BCUT2D eigenvalue weighted by molar-refractivity contribution is 7.17. The predicted octanol–water partition coefficient (Wildman–Crippen LogP) is 3.92. The van der Waals surface area contributed by atoms with Crippen molar-refractivity contribution >= 4 is 39.4 Å². The fraction of sp³-hybridized carbons (Fsp3) is 0.571. The summed E-state index contributed by atoms with van der Waals surface area (Å²) in [7, 11) is 0. The molecule has 0 N–H and O–H groups in total. The molecule has 3 saturated heterocycles. The molecule has 0 spiro atoms. The summed E-state index contributed by atoms with van der Waals surface area (Å²) in [6.45, 7) is 1.94. The largest absolute Gasteiger partial charge is 0.446 e. The van der Waals surface area contributed by atoms with Gasteiger partial charge in [-0.05, 0) is 12.5 Å². The van der Waals surface area contributed by atoms with E-state index in [0.29, 0.717) is 39.0 Å². The molecule has 0 aliphatic carbocycles. The summed E-state index contributed by atoms with van der Waals surface area (Å²) >= 11 is 0.883. The van der Waals surface area contributed by atoms with Crippen LogP contribution in [0.5, 0.6) is 0 Å². The fourth-order valence-electron chi connectivity index (χ4n) is 4.20. The van der Waals surface area contributed by atoms with Gasteiger partial charge in [-0.15, -0.1) is 11.3 Å². The number of hydrogen-bond acceptors (Lipinski definition) is 6. The predicted molar refractivity (Wildman–Crippen MR) is 113 cm³/mol. The van der Waals surface area contributed by atoms with Crippen molar-refractivity contribution in [2.45, 2.75) is 37.7 Å². The molecule has 178 valence electrons. The van der Waals surface area contributed by atoms with Crippen LogP contribution >= 0.6 is 11.3 Å². The number of halogens is 4. The summed E-state index contributed by atoms with van der Waals surface area (Å²) in [6.07, 6.45) is -4.83. The zero-order chi connectivity index (χ0) is 23.3. The summed E-state index contributed by atoms with van der Waals surface area (Å²) in [6, 6.07) is 1.03. The molecule has 12 heteroatoms. The molecule has 3 aliphatic heterocycles. The van der Waals surface area contributed by atoms with Crippen molar-refractivity contribution in [2.24, 2.45) is 0 Å². The first kappa shape index (κ1) is 22.2. The van der Waals surface area contributed by atoms with Crippen LogP contribution in [0.15, 0.2) is 11.4 Å². The Morgan fingerprint density at radius 1 is 1.09 bits per heavy atom. The van der Waals surface area contributed by atoms with Crippen LogP contribution in [0.25, 0.3) is 10.2 Å². The van der Waals surface area contributed by atoms with E-state index in [1.54, 1.807) is 9.80 Å². The van der Waals surface area contributed by atoms with E-state index in [4.69, 9.17) is 4.74 Å². The number of likely N-dealkylation sites (tertiary alicyclic amines) is 2. The van der Waals surface area contributed by atoms with Gasteiger partial charge in [0.05, 0.1) is 34.4 Å². The Morgan fingerprint density at radius 3 is 2.36 bits per heavy atom. The van der Waals surface area contributed by atoms with Crippen LogP contribution in [-0.2, 0) is 10.9 Å². The number of ether oxygens (including phenoxy) is 1. The summed E-state index contributed by atoms with van der Waals surface area (Å²) in [5.74, 6) is -0.143. The molecular weight excluding hydrogens is 464 g/mol. The molecule has 0 saturated carbocycles. The van der Waals surface area contributed by atoms with Crippen molar-refractivity contribution in [1.29, 1.82) is 0 Å². The monoisotopic (exact) mass is 486 g/mol. The molecule has 2 amide bonds. The lowest BCUT2D eigenvalue weighted by Gasteiger charge is -2.37.